The average Bonchev–Trinajstić information content (AvgIpc) is 3.38. The van der Waals surface area contributed by atoms with Gasteiger partial charge in [-0.15, -0.1) is 0 Å². The molecule has 2 atom stereocenters. The fourth-order valence-corrected chi connectivity index (χ4v) is 5.87. The van der Waals surface area contributed by atoms with E-state index in [0.717, 1.165) is 22.0 Å². The molecule has 0 saturated carbocycles. The zero-order valence-corrected chi connectivity index (χ0v) is 22.4. The first-order valence-electron chi connectivity index (χ1n) is 13.3. The van der Waals surface area contributed by atoms with Gasteiger partial charge in [0.15, 0.2) is 5.60 Å². The lowest BCUT2D eigenvalue weighted by atomic mass is 9.83. The standard InChI is InChI=1S/C33H30N2O5/c1-21(8-3-4-17-36)33(39)27-19-25(40-2)15-16-28(27)34(32(33)38)20-22-9-5-12-24(18-22)35-29-14-7-11-23-10-6-13-26(30(23)29)31(35)37/h3,5-16,18-19,21,36,39H,4,17,20H2,1-2H3/b8-3+/t21-,33+/m0/s1. The molecule has 4 aromatic carbocycles. The van der Waals surface area contributed by atoms with Gasteiger partial charge in [-0.3, -0.25) is 14.5 Å². The van der Waals surface area contributed by atoms with E-state index in [2.05, 4.69) is 0 Å². The Labute approximate surface area is 232 Å². The van der Waals surface area contributed by atoms with Gasteiger partial charge in [0.1, 0.15) is 5.75 Å². The molecule has 2 amide bonds. The Kier molecular flexibility index (Phi) is 6.41. The van der Waals surface area contributed by atoms with Crippen LogP contribution in [0.4, 0.5) is 17.1 Å². The number of rotatable bonds is 8. The zero-order chi connectivity index (χ0) is 28.0. The second-order valence-electron chi connectivity index (χ2n) is 10.3. The zero-order valence-electron chi connectivity index (χ0n) is 22.4. The molecule has 6 rings (SSSR count). The van der Waals surface area contributed by atoms with Gasteiger partial charge in [-0.25, -0.2) is 0 Å². The molecular formula is C33H30N2O5. The van der Waals surface area contributed by atoms with Crippen LogP contribution in [0.15, 0.2) is 91.0 Å². The number of carbonyl (C=O) groups excluding carboxylic acids is 2. The molecule has 7 nitrogen and oxygen atoms in total. The second-order valence-corrected chi connectivity index (χ2v) is 10.3. The number of aliphatic hydroxyl groups is 2. The Hall–Kier alpha value is -4.46. The van der Waals surface area contributed by atoms with Gasteiger partial charge in [-0.05, 0) is 59.8 Å². The average molecular weight is 535 g/mol. The van der Waals surface area contributed by atoms with Crippen molar-refractivity contribution in [2.45, 2.75) is 25.5 Å². The molecule has 0 aliphatic carbocycles. The number of hydrogen-bond acceptors (Lipinski definition) is 5. The summed E-state index contributed by atoms with van der Waals surface area (Å²) in [5, 5.41) is 23.0. The molecule has 0 saturated heterocycles. The first-order valence-corrected chi connectivity index (χ1v) is 13.3. The molecule has 0 fully saturated rings. The third kappa shape index (κ3) is 3.89. The van der Waals surface area contributed by atoms with Crippen LogP contribution in [0.25, 0.3) is 10.8 Å². The predicted molar refractivity (Wildman–Crippen MR) is 155 cm³/mol. The number of ether oxygens (including phenoxy) is 1. The molecule has 0 unspecified atom stereocenters. The van der Waals surface area contributed by atoms with Crippen molar-refractivity contribution < 1.29 is 24.5 Å². The molecule has 7 heteroatoms. The Morgan fingerprint density at radius 1 is 0.975 bits per heavy atom. The van der Waals surface area contributed by atoms with E-state index in [0.29, 0.717) is 34.7 Å². The molecule has 2 N–H and O–H groups in total. The summed E-state index contributed by atoms with van der Waals surface area (Å²) < 4.78 is 5.40. The highest BCUT2D eigenvalue weighted by Crippen LogP contribution is 2.47. The van der Waals surface area contributed by atoms with Gasteiger partial charge in [0.2, 0.25) is 0 Å². The molecule has 0 bridgehead atoms. The molecule has 2 aliphatic rings. The number of benzene rings is 4. The van der Waals surface area contributed by atoms with Crippen LogP contribution in [0, 0.1) is 5.92 Å². The minimum absolute atomic E-state index is 0.0123. The maximum atomic E-state index is 13.9. The Morgan fingerprint density at radius 3 is 2.52 bits per heavy atom. The summed E-state index contributed by atoms with van der Waals surface area (Å²) in [6, 6.07) is 24.5. The first-order chi connectivity index (χ1) is 19.4. The highest BCUT2D eigenvalue weighted by molar-refractivity contribution is 6.27. The van der Waals surface area contributed by atoms with Crippen molar-refractivity contribution in [3.63, 3.8) is 0 Å². The van der Waals surface area contributed by atoms with Gasteiger partial charge in [0.05, 0.1) is 30.6 Å². The summed E-state index contributed by atoms with van der Waals surface area (Å²) >= 11 is 0. The quantitative estimate of drug-likeness (QED) is 0.294. The molecular weight excluding hydrogens is 504 g/mol. The number of anilines is 3. The lowest BCUT2D eigenvalue weighted by Crippen LogP contribution is -2.44. The van der Waals surface area contributed by atoms with E-state index in [1.54, 1.807) is 54.2 Å². The van der Waals surface area contributed by atoms with Crippen molar-refractivity contribution in [1.82, 2.24) is 0 Å². The van der Waals surface area contributed by atoms with Crippen LogP contribution in [-0.2, 0) is 16.9 Å². The first kappa shape index (κ1) is 25.8. The van der Waals surface area contributed by atoms with Gasteiger partial charge >= 0.3 is 0 Å². The van der Waals surface area contributed by atoms with E-state index in [1.807, 2.05) is 60.7 Å². The minimum atomic E-state index is -1.80. The van der Waals surface area contributed by atoms with Crippen LogP contribution in [-0.4, -0.2) is 35.7 Å². The molecule has 2 aliphatic heterocycles. The SMILES string of the molecule is COc1ccc2c(c1)[C@](O)([C@@H](C)/C=C/CCO)C(=O)N2Cc1cccc(N2C(=O)c3cccc4cccc2c34)c1. The molecule has 2 heterocycles. The fraction of sp³-hybridized carbons (Fsp3) is 0.212. The molecule has 0 aromatic heterocycles. The molecule has 40 heavy (non-hydrogen) atoms. The lowest BCUT2D eigenvalue weighted by molar-refractivity contribution is -0.139. The van der Waals surface area contributed by atoms with E-state index in [-0.39, 0.29) is 19.1 Å². The summed E-state index contributed by atoms with van der Waals surface area (Å²) in [5.74, 6) is -0.523. The third-order valence-electron chi connectivity index (χ3n) is 7.92. The maximum absolute atomic E-state index is 13.9. The smallest absolute Gasteiger partial charge is 0.264 e. The van der Waals surface area contributed by atoms with Crippen molar-refractivity contribution in [2.24, 2.45) is 5.92 Å². The van der Waals surface area contributed by atoms with Crippen molar-refractivity contribution in [3.05, 3.63) is 108 Å². The van der Waals surface area contributed by atoms with Gasteiger partial charge in [-0.1, -0.05) is 55.5 Å². The topological polar surface area (TPSA) is 90.3 Å². The largest absolute Gasteiger partial charge is 0.497 e. The van der Waals surface area contributed by atoms with Crippen molar-refractivity contribution >= 4 is 39.6 Å². The number of amides is 2. The Balaban J connectivity index is 1.36. The van der Waals surface area contributed by atoms with E-state index in [9.17, 15) is 19.8 Å². The van der Waals surface area contributed by atoms with E-state index >= 15 is 0 Å². The van der Waals surface area contributed by atoms with Gasteiger partial charge in [0.25, 0.3) is 11.8 Å². The Bertz CT molecular complexity index is 1670. The number of nitrogens with zero attached hydrogens (tertiary/aromatic N) is 2. The third-order valence-corrected chi connectivity index (χ3v) is 7.92. The van der Waals surface area contributed by atoms with Crippen LogP contribution in [0.1, 0.15) is 34.8 Å². The summed E-state index contributed by atoms with van der Waals surface area (Å²) in [6.07, 6.45) is 3.97. The van der Waals surface area contributed by atoms with Crippen LogP contribution < -0.4 is 14.5 Å². The number of fused-ring (bicyclic) bond motifs is 1. The van der Waals surface area contributed by atoms with E-state index in [1.165, 1.54) is 0 Å². The molecule has 0 spiro atoms. The normalized spacial score (nSPS) is 18.7. The molecule has 0 radical (unpaired) electrons. The highest BCUT2D eigenvalue weighted by atomic mass is 16.5. The summed E-state index contributed by atoms with van der Waals surface area (Å²) in [7, 11) is 1.55. The number of aliphatic hydroxyl groups excluding tert-OH is 1. The van der Waals surface area contributed by atoms with Gasteiger partial charge < -0.3 is 19.8 Å². The van der Waals surface area contributed by atoms with E-state index < -0.39 is 17.4 Å². The van der Waals surface area contributed by atoms with Crippen LogP contribution in [0.3, 0.4) is 0 Å². The monoisotopic (exact) mass is 534 g/mol. The molecule has 4 aromatic rings. The second kappa shape index (κ2) is 9.93. The van der Waals surface area contributed by atoms with Crippen molar-refractivity contribution in [3.8, 4) is 5.75 Å². The maximum Gasteiger partial charge on any atom is 0.264 e. The highest BCUT2D eigenvalue weighted by Gasteiger charge is 2.52. The van der Waals surface area contributed by atoms with Crippen LogP contribution >= 0.6 is 0 Å². The minimum Gasteiger partial charge on any atom is -0.497 e. The number of hydrogen-bond donors (Lipinski definition) is 2. The Morgan fingerprint density at radius 2 is 1.75 bits per heavy atom. The molecule has 202 valence electrons. The van der Waals surface area contributed by atoms with Crippen LogP contribution in [0.2, 0.25) is 0 Å². The van der Waals surface area contributed by atoms with E-state index in [4.69, 9.17) is 4.74 Å². The van der Waals surface area contributed by atoms with Gasteiger partial charge in [0, 0.05) is 29.2 Å². The van der Waals surface area contributed by atoms with Gasteiger partial charge in [-0.2, -0.15) is 0 Å². The summed E-state index contributed by atoms with van der Waals surface area (Å²) in [5.41, 5.74) is 2.32. The number of carbonyl (C=O) groups is 2. The summed E-state index contributed by atoms with van der Waals surface area (Å²) in [6.45, 7) is 1.98. The van der Waals surface area contributed by atoms with Crippen LogP contribution in [0.5, 0.6) is 5.75 Å². The number of methoxy groups -OCH3 is 1. The lowest BCUT2D eigenvalue weighted by Gasteiger charge is -2.28. The fourth-order valence-electron chi connectivity index (χ4n) is 5.87. The predicted octanol–water partition coefficient (Wildman–Crippen LogP) is 5.45. The van der Waals surface area contributed by atoms with Crippen molar-refractivity contribution in [1.29, 1.82) is 0 Å². The summed E-state index contributed by atoms with van der Waals surface area (Å²) in [4.78, 5) is 30.7. The van der Waals surface area contributed by atoms with Crippen molar-refractivity contribution in [2.75, 3.05) is 23.5 Å².